The van der Waals surface area contributed by atoms with E-state index < -0.39 is 55.3 Å². The zero-order valence-electron chi connectivity index (χ0n) is 23.8. The molecule has 1 saturated heterocycles. The Morgan fingerprint density at radius 2 is 0.667 bits per heavy atom. The molecule has 18 nitrogen and oxygen atoms in total. The molecule has 4 amide bonds. The van der Waals surface area contributed by atoms with E-state index in [2.05, 4.69) is 21.3 Å². The van der Waals surface area contributed by atoms with Crippen LogP contribution in [0, 0.1) is 0 Å². The highest BCUT2D eigenvalue weighted by atomic mass is 16.4. The highest BCUT2D eigenvalue weighted by molar-refractivity contribution is 5.83. The second kappa shape index (κ2) is 20.1. The van der Waals surface area contributed by atoms with Crippen molar-refractivity contribution in [2.24, 2.45) is 0 Å². The number of carboxylic acid groups (broad SMARTS) is 3. The van der Waals surface area contributed by atoms with E-state index in [-0.39, 0.29) is 58.3 Å². The van der Waals surface area contributed by atoms with E-state index in [4.69, 9.17) is 15.3 Å². The molecule has 0 atom stereocenters. The van der Waals surface area contributed by atoms with Crippen LogP contribution in [-0.4, -0.2) is 181 Å². The summed E-state index contributed by atoms with van der Waals surface area (Å²) in [4.78, 5) is 89.1. The Hall–Kier alpha value is -3.87. The fourth-order valence-corrected chi connectivity index (χ4v) is 3.97. The molecule has 1 heterocycles. The molecule has 0 aromatic rings. The number of likely N-dealkylation sites (N-methyl/N-ethyl adjacent to an activating group) is 1. The Labute approximate surface area is 243 Å². The minimum atomic E-state index is -1.20. The average Bonchev–Trinajstić information content (AvgIpc) is 2.91. The van der Waals surface area contributed by atoms with Crippen LogP contribution in [-0.2, 0) is 33.6 Å². The number of carboxylic acids is 3. The van der Waals surface area contributed by atoms with Gasteiger partial charge in [0.25, 0.3) is 0 Å². The Morgan fingerprint density at radius 1 is 0.452 bits per heavy atom. The van der Waals surface area contributed by atoms with Gasteiger partial charge in [-0.2, -0.15) is 0 Å². The molecule has 0 aliphatic carbocycles. The van der Waals surface area contributed by atoms with Gasteiger partial charge >= 0.3 is 17.9 Å². The lowest BCUT2D eigenvalue weighted by Gasteiger charge is -2.33. The summed E-state index contributed by atoms with van der Waals surface area (Å²) >= 11 is 0. The minimum absolute atomic E-state index is 0.0574. The quantitative estimate of drug-likeness (QED) is 0.0928. The number of nitrogens with zero attached hydrogens (tertiary/aromatic N) is 4. The van der Waals surface area contributed by atoms with Gasteiger partial charge in [0.2, 0.25) is 23.6 Å². The predicted octanol–water partition coefficient (Wildman–Crippen LogP) is -5.05. The highest BCUT2D eigenvalue weighted by Gasteiger charge is 2.22. The molecular weight excluding hydrogens is 560 g/mol. The summed E-state index contributed by atoms with van der Waals surface area (Å²) in [5.74, 6) is -5.34. The lowest BCUT2D eigenvalue weighted by Crippen LogP contribution is -2.51. The van der Waals surface area contributed by atoms with Gasteiger partial charge in [-0.3, -0.25) is 53.2 Å². The van der Waals surface area contributed by atoms with Crippen molar-refractivity contribution in [1.29, 1.82) is 0 Å². The van der Waals surface area contributed by atoms with Gasteiger partial charge in [0.15, 0.2) is 0 Å². The molecule has 1 rings (SSSR count). The van der Waals surface area contributed by atoms with Crippen LogP contribution in [0.1, 0.15) is 6.92 Å². The third-order valence-corrected chi connectivity index (χ3v) is 6.08. The van der Waals surface area contributed by atoms with E-state index in [0.29, 0.717) is 32.7 Å². The van der Waals surface area contributed by atoms with Crippen LogP contribution in [0.25, 0.3) is 0 Å². The number of rotatable bonds is 15. The van der Waals surface area contributed by atoms with Crippen LogP contribution in [0.2, 0.25) is 0 Å². The first kappa shape index (κ1) is 36.2. The van der Waals surface area contributed by atoms with Crippen molar-refractivity contribution in [3.63, 3.8) is 0 Å². The summed E-state index contributed by atoms with van der Waals surface area (Å²) in [5.41, 5.74) is 0. The molecule has 1 aliphatic rings. The molecule has 238 valence electrons. The van der Waals surface area contributed by atoms with Crippen molar-refractivity contribution in [3.8, 4) is 0 Å². The smallest absolute Gasteiger partial charge is 0.322 e. The van der Waals surface area contributed by atoms with Crippen molar-refractivity contribution in [2.75, 3.05) is 105 Å². The number of nitrogens with one attached hydrogen (secondary N) is 4. The molecule has 0 radical (unpaired) electrons. The molecule has 0 bridgehead atoms. The normalized spacial score (nSPS) is 16.3. The van der Waals surface area contributed by atoms with Gasteiger partial charge in [0.05, 0.1) is 26.2 Å². The molecule has 0 unspecified atom stereocenters. The van der Waals surface area contributed by atoms with Crippen LogP contribution in [0.3, 0.4) is 0 Å². The molecule has 0 saturated carbocycles. The van der Waals surface area contributed by atoms with Crippen molar-refractivity contribution in [2.45, 2.75) is 6.92 Å². The summed E-state index contributed by atoms with van der Waals surface area (Å²) in [7, 11) is 0. The first-order valence-corrected chi connectivity index (χ1v) is 13.5. The third-order valence-electron chi connectivity index (χ3n) is 6.08. The Balaban J connectivity index is 3.10. The average molecular weight is 603 g/mol. The summed E-state index contributed by atoms with van der Waals surface area (Å²) in [5, 5.41) is 36.2. The molecule has 1 fully saturated rings. The van der Waals surface area contributed by atoms with Gasteiger partial charge in [-0.1, -0.05) is 0 Å². The van der Waals surface area contributed by atoms with E-state index in [1.165, 1.54) is 0 Å². The fourth-order valence-electron chi connectivity index (χ4n) is 3.97. The van der Waals surface area contributed by atoms with Crippen molar-refractivity contribution < 1.29 is 48.9 Å². The van der Waals surface area contributed by atoms with Crippen LogP contribution in [0.4, 0.5) is 0 Å². The molecule has 0 aromatic carbocycles. The maximum absolute atomic E-state index is 12.4. The first-order valence-electron chi connectivity index (χ1n) is 13.5. The lowest BCUT2D eigenvalue weighted by molar-refractivity contribution is -0.138. The van der Waals surface area contributed by atoms with Gasteiger partial charge in [-0.05, 0) is 6.92 Å². The molecule has 1 aliphatic heterocycles. The highest BCUT2D eigenvalue weighted by Crippen LogP contribution is 2.02. The Morgan fingerprint density at radius 3 is 0.857 bits per heavy atom. The summed E-state index contributed by atoms with van der Waals surface area (Å²) < 4.78 is 0. The zero-order chi connectivity index (χ0) is 31.5. The monoisotopic (exact) mass is 602 g/mol. The van der Waals surface area contributed by atoms with Crippen molar-refractivity contribution in [3.05, 3.63) is 0 Å². The van der Waals surface area contributed by atoms with Crippen LogP contribution in [0.5, 0.6) is 0 Å². The number of hydrogen-bond donors (Lipinski definition) is 7. The van der Waals surface area contributed by atoms with E-state index in [1.807, 2.05) is 4.90 Å². The largest absolute Gasteiger partial charge is 0.480 e. The molecule has 0 spiro atoms. The van der Waals surface area contributed by atoms with E-state index in [9.17, 15) is 33.6 Å². The third kappa shape index (κ3) is 17.7. The predicted molar refractivity (Wildman–Crippen MR) is 146 cm³/mol. The second-order valence-corrected chi connectivity index (χ2v) is 9.57. The van der Waals surface area contributed by atoms with Gasteiger partial charge in [0.1, 0.15) is 19.6 Å². The lowest BCUT2D eigenvalue weighted by atomic mass is 10.3. The SMILES string of the molecule is CCNC(=O)CN1CCN(CC(=O)NCC(=O)O)CCN(CC(=O)NCC(=O)O)CCN(CC(=O)NCC(=O)O)CC1. The van der Waals surface area contributed by atoms with Gasteiger partial charge < -0.3 is 36.6 Å². The summed E-state index contributed by atoms with van der Waals surface area (Å²) in [6, 6.07) is 0. The number of amides is 4. The minimum Gasteiger partial charge on any atom is -0.480 e. The standard InChI is InChI=1S/C24H42N8O10/c1-2-25-18(33)14-29-3-5-30(15-19(34)26-11-22(37)38)7-9-32(17-21(36)28-13-24(41)42)10-8-31(6-4-29)16-20(35)27-12-23(39)40/h2-17H2,1H3,(H,25,33)(H,26,34)(H,27,35)(H,28,36)(H,37,38)(H,39,40)(H,41,42). The molecule has 42 heavy (non-hydrogen) atoms. The maximum Gasteiger partial charge on any atom is 0.322 e. The molecule has 7 N–H and O–H groups in total. The van der Waals surface area contributed by atoms with E-state index in [1.54, 1.807) is 21.6 Å². The van der Waals surface area contributed by atoms with E-state index >= 15 is 0 Å². The van der Waals surface area contributed by atoms with Gasteiger partial charge in [-0.15, -0.1) is 0 Å². The fraction of sp³-hybridized carbons (Fsp3) is 0.708. The summed E-state index contributed by atoms with van der Waals surface area (Å²) in [6.45, 7) is 2.66. The van der Waals surface area contributed by atoms with Crippen LogP contribution < -0.4 is 21.3 Å². The number of aliphatic carboxylic acids is 3. The summed E-state index contributed by atoms with van der Waals surface area (Å²) in [6.07, 6.45) is 0. The first-order chi connectivity index (χ1) is 19.9. The van der Waals surface area contributed by atoms with Crippen LogP contribution >= 0.6 is 0 Å². The van der Waals surface area contributed by atoms with Gasteiger partial charge in [-0.25, -0.2) is 0 Å². The Bertz CT molecular complexity index is 902. The topological polar surface area (TPSA) is 241 Å². The number of carbonyl (C=O) groups is 7. The maximum atomic E-state index is 12.4. The van der Waals surface area contributed by atoms with Crippen molar-refractivity contribution in [1.82, 2.24) is 40.9 Å². The van der Waals surface area contributed by atoms with Crippen LogP contribution in [0.15, 0.2) is 0 Å². The number of carbonyl (C=O) groups excluding carboxylic acids is 4. The molecule has 0 aromatic heterocycles. The van der Waals surface area contributed by atoms with E-state index in [0.717, 1.165) is 0 Å². The van der Waals surface area contributed by atoms with Gasteiger partial charge in [0, 0.05) is 58.9 Å². The molecule has 18 heteroatoms. The number of hydrogen-bond acceptors (Lipinski definition) is 11. The second-order valence-electron chi connectivity index (χ2n) is 9.57. The molecular formula is C24H42N8O10. The Kier molecular flexibility index (Phi) is 17.3. The zero-order valence-corrected chi connectivity index (χ0v) is 23.8. The van der Waals surface area contributed by atoms with Crippen molar-refractivity contribution >= 4 is 41.5 Å².